The van der Waals surface area contributed by atoms with Crippen LogP contribution in [0.3, 0.4) is 0 Å². The van der Waals surface area contributed by atoms with Gasteiger partial charge >= 0.3 is 0 Å². The number of benzene rings is 3. The Morgan fingerprint density at radius 1 is 0.963 bits per heavy atom. The Labute approximate surface area is 160 Å². The predicted octanol–water partition coefficient (Wildman–Crippen LogP) is 4.22. The summed E-state index contributed by atoms with van der Waals surface area (Å²) < 4.78 is 10.8. The van der Waals surface area contributed by atoms with E-state index in [0.29, 0.717) is 19.6 Å². The fourth-order valence-electron chi connectivity index (χ4n) is 3.08. The smallest absolute Gasteiger partial charge is 0.223 e. The lowest BCUT2D eigenvalue weighted by molar-refractivity contribution is -0.124. The van der Waals surface area contributed by atoms with Gasteiger partial charge in [0.2, 0.25) is 5.91 Å². The summed E-state index contributed by atoms with van der Waals surface area (Å²) in [5.41, 5.74) is 1.20. The summed E-state index contributed by atoms with van der Waals surface area (Å²) in [4.78, 5) is 12.4. The molecule has 0 spiro atoms. The van der Waals surface area contributed by atoms with Crippen molar-refractivity contribution in [2.75, 3.05) is 20.3 Å². The molecule has 1 amide bonds. The number of methoxy groups -OCH3 is 1. The van der Waals surface area contributed by atoms with Gasteiger partial charge in [0.1, 0.15) is 18.1 Å². The molecule has 4 heteroatoms. The highest BCUT2D eigenvalue weighted by Gasteiger charge is 2.14. The minimum absolute atomic E-state index is 0.0428. The molecule has 1 N–H and O–H groups in total. The van der Waals surface area contributed by atoms with E-state index in [9.17, 15) is 4.79 Å². The maximum Gasteiger partial charge on any atom is 0.223 e. The Morgan fingerprint density at radius 2 is 1.67 bits per heavy atom. The highest BCUT2D eigenvalue weighted by molar-refractivity contribution is 5.86. The van der Waals surface area contributed by atoms with Crippen molar-refractivity contribution >= 4 is 16.7 Å². The van der Waals surface area contributed by atoms with Crippen molar-refractivity contribution in [3.63, 3.8) is 0 Å². The van der Waals surface area contributed by atoms with E-state index in [1.165, 1.54) is 16.3 Å². The van der Waals surface area contributed by atoms with Gasteiger partial charge in [0, 0.05) is 5.92 Å². The Morgan fingerprint density at radius 3 is 2.44 bits per heavy atom. The molecule has 140 valence electrons. The van der Waals surface area contributed by atoms with E-state index in [4.69, 9.17) is 9.47 Å². The van der Waals surface area contributed by atoms with Gasteiger partial charge in [-0.25, -0.2) is 0 Å². The van der Waals surface area contributed by atoms with Gasteiger partial charge in [0.15, 0.2) is 0 Å². The molecule has 4 nitrogen and oxygen atoms in total. The van der Waals surface area contributed by atoms with Crippen molar-refractivity contribution in [3.05, 3.63) is 72.3 Å². The highest BCUT2D eigenvalue weighted by atomic mass is 16.5. The van der Waals surface area contributed by atoms with Crippen molar-refractivity contribution in [2.24, 2.45) is 5.92 Å². The first-order chi connectivity index (χ1) is 13.2. The number of amides is 1. The minimum atomic E-state index is -0.100. The second-order valence-electron chi connectivity index (χ2n) is 6.56. The van der Waals surface area contributed by atoms with Crippen molar-refractivity contribution in [1.82, 2.24) is 5.32 Å². The first-order valence-corrected chi connectivity index (χ1v) is 9.18. The molecule has 0 aromatic heterocycles. The van der Waals surface area contributed by atoms with Crippen LogP contribution in [0.5, 0.6) is 11.5 Å². The average molecular weight is 363 g/mol. The number of hydrogen-bond acceptors (Lipinski definition) is 3. The SMILES string of the molecule is COc1ccc(OCCNC(=O)C(C)Cc2cccc3ccccc23)cc1. The summed E-state index contributed by atoms with van der Waals surface area (Å²) in [6.45, 7) is 2.87. The standard InChI is InChI=1S/C23H25NO3/c1-17(16-19-8-5-7-18-6-3-4-9-22(18)19)23(25)24-14-15-27-21-12-10-20(26-2)11-13-21/h3-13,17H,14-16H2,1-2H3,(H,24,25). The molecule has 0 radical (unpaired) electrons. The van der Waals surface area contributed by atoms with Crippen LogP contribution in [-0.4, -0.2) is 26.2 Å². The minimum Gasteiger partial charge on any atom is -0.497 e. The van der Waals surface area contributed by atoms with Gasteiger partial charge in [-0.3, -0.25) is 4.79 Å². The van der Waals surface area contributed by atoms with E-state index < -0.39 is 0 Å². The van der Waals surface area contributed by atoms with Crippen LogP contribution in [0.2, 0.25) is 0 Å². The Bertz CT molecular complexity index is 884. The molecule has 3 rings (SSSR count). The number of carbonyl (C=O) groups excluding carboxylic acids is 1. The zero-order valence-electron chi connectivity index (χ0n) is 15.8. The van der Waals surface area contributed by atoms with Gasteiger partial charge in [-0.2, -0.15) is 0 Å². The Kier molecular flexibility index (Phi) is 6.31. The number of hydrogen-bond donors (Lipinski definition) is 1. The molecule has 0 bridgehead atoms. The third-order valence-corrected chi connectivity index (χ3v) is 4.58. The van der Waals surface area contributed by atoms with Crippen LogP contribution in [0.25, 0.3) is 10.8 Å². The van der Waals surface area contributed by atoms with Crippen LogP contribution < -0.4 is 14.8 Å². The van der Waals surface area contributed by atoms with E-state index in [1.807, 2.05) is 49.4 Å². The normalized spacial score (nSPS) is 11.8. The van der Waals surface area contributed by atoms with E-state index >= 15 is 0 Å². The number of nitrogens with one attached hydrogen (secondary N) is 1. The molecule has 0 heterocycles. The van der Waals surface area contributed by atoms with Crippen LogP contribution >= 0.6 is 0 Å². The summed E-state index contributed by atoms with van der Waals surface area (Å²) in [6, 6.07) is 21.9. The molecule has 0 aliphatic heterocycles. The second kappa shape index (κ2) is 9.08. The van der Waals surface area contributed by atoms with E-state index in [0.717, 1.165) is 11.5 Å². The fourth-order valence-corrected chi connectivity index (χ4v) is 3.08. The molecule has 0 aliphatic rings. The van der Waals surface area contributed by atoms with Gasteiger partial charge in [-0.05, 0) is 47.0 Å². The summed E-state index contributed by atoms with van der Waals surface area (Å²) in [5, 5.41) is 5.37. The lowest BCUT2D eigenvalue weighted by Gasteiger charge is -2.14. The second-order valence-corrected chi connectivity index (χ2v) is 6.56. The number of carbonyl (C=O) groups is 1. The third-order valence-electron chi connectivity index (χ3n) is 4.58. The van der Waals surface area contributed by atoms with E-state index in [1.54, 1.807) is 7.11 Å². The van der Waals surface area contributed by atoms with Crippen LogP contribution in [-0.2, 0) is 11.2 Å². The van der Waals surface area contributed by atoms with Gasteiger partial charge in [-0.1, -0.05) is 49.4 Å². The maximum absolute atomic E-state index is 12.4. The fraction of sp³-hybridized carbons (Fsp3) is 0.261. The molecule has 1 atom stereocenters. The lowest BCUT2D eigenvalue weighted by Crippen LogP contribution is -2.33. The molecule has 0 saturated heterocycles. The number of ether oxygens (including phenoxy) is 2. The predicted molar refractivity (Wildman–Crippen MR) is 108 cm³/mol. The highest BCUT2D eigenvalue weighted by Crippen LogP contribution is 2.21. The van der Waals surface area contributed by atoms with E-state index in [2.05, 4.69) is 29.6 Å². The van der Waals surface area contributed by atoms with Gasteiger partial charge in [-0.15, -0.1) is 0 Å². The number of fused-ring (bicyclic) bond motifs is 1. The topological polar surface area (TPSA) is 47.6 Å². The largest absolute Gasteiger partial charge is 0.497 e. The van der Waals surface area contributed by atoms with Crippen molar-refractivity contribution in [2.45, 2.75) is 13.3 Å². The van der Waals surface area contributed by atoms with Gasteiger partial charge < -0.3 is 14.8 Å². The van der Waals surface area contributed by atoms with Crippen molar-refractivity contribution in [1.29, 1.82) is 0 Å². The third kappa shape index (κ3) is 5.00. The van der Waals surface area contributed by atoms with Gasteiger partial charge in [0.05, 0.1) is 13.7 Å². The molecule has 27 heavy (non-hydrogen) atoms. The van der Waals surface area contributed by atoms with Crippen LogP contribution in [0.15, 0.2) is 66.7 Å². The zero-order chi connectivity index (χ0) is 19.1. The first kappa shape index (κ1) is 18.8. The van der Waals surface area contributed by atoms with E-state index in [-0.39, 0.29) is 11.8 Å². The quantitative estimate of drug-likeness (QED) is 0.610. The number of rotatable bonds is 8. The molecular weight excluding hydrogens is 338 g/mol. The Hall–Kier alpha value is -3.01. The molecule has 0 saturated carbocycles. The van der Waals surface area contributed by atoms with Gasteiger partial charge in [0.25, 0.3) is 0 Å². The zero-order valence-corrected chi connectivity index (χ0v) is 15.8. The monoisotopic (exact) mass is 363 g/mol. The summed E-state index contributed by atoms with van der Waals surface area (Å²) >= 11 is 0. The summed E-state index contributed by atoms with van der Waals surface area (Å²) in [7, 11) is 1.63. The first-order valence-electron chi connectivity index (χ1n) is 9.18. The molecular formula is C23H25NO3. The molecule has 0 aliphatic carbocycles. The van der Waals surface area contributed by atoms with Crippen LogP contribution in [0, 0.1) is 5.92 Å². The molecule has 0 fully saturated rings. The Balaban J connectivity index is 1.47. The maximum atomic E-state index is 12.4. The van der Waals surface area contributed by atoms with Crippen LogP contribution in [0.4, 0.5) is 0 Å². The molecule has 3 aromatic rings. The van der Waals surface area contributed by atoms with Crippen LogP contribution in [0.1, 0.15) is 12.5 Å². The molecule has 1 unspecified atom stereocenters. The molecule has 3 aromatic carbocycles. The summed E-state index contributed by atoms with van der Waals surface area (Å²) in [6.07, 6.45) is 0.715. The van der Waals surface area contributed by atoms with Crippen molar-refractivity contribution in [3.8, 4) is 11.5 Å². The van der Waals surface area contributed by atoms with Crippen molar-refractivity contribution < 1.29 is 14.3 Å². The summed E-state index contributed by atoms with van der Waals surface area (Å²) in [5.74, 6) is 1.49. The lowest BCUT2D eigenvalue weighted by atomic mass is 9.95. The average Bonchev–Trinajstić information content (AvgIpc) is 2.71.